The van der Waals surface area contributed by atoms with Gasteiger partial charge in [-0.1, -0.05) is 75.9 Å². The summed E-state index contributed by atoms with van der Waals surface area (Å²) in [5.74, 6) is 1.73. The highest BCUT2D eigenvalue weighted by Gasteiger charge is 2.28. The second-order valence-corrected chi connectivity index (χ2v) is 24.5. The first-order valence-electron chi connectivity index (χ1n) is 14.6. The van der Waals surface area contributed by atoms with Crippen molar-refractivity contribution in [2.75, 3.05) is 19.5 Å². The first kappa shape index (κ1) is 36.4. The molecule has 0 aromatic heterocycles. The van der Waals surface area contributed by atoms with Crippen molar-refractivity contribution in [3.8, 4) is 11.5 Å². The Morgan fingerprint density at radius 2 is 1.24 bits per heavy atom. The third kappa shape index (κ3) is 9.26. The van der Waals surface area contributed by atoms with Crippen molar-refractivity contribution in [3.63, 3.8) is 0 Å². The van der Waals surface area contributed by atoms with Crippen molar-refractivity contribution in [2.24, 2.45) is 0 Å². The number of thioether (sulfide) groups is 1. The van der Waals surface area contributed by atoms with Crippen LogP contribution < -0.4 is 19.8 Å². The SMILES string of the molecule is CCCCOc1c(Br)cc(C(C)(C)c2cc(Br)c(OCCC[Si](C)(C)c3cc(SC)cc([SiH](C)C)c3)c(Br)c2)cc1Br. The van der Waals surface area contributed by atoms with Crippen LogP contribution in [-0.2, 0) is 5.41 Å². The van der Waals surface area contributed by atoms with Crippen LogP contribution in [-0.4, -0.2) is 36.3 Å². The molecule has 0 saturated carbocycles. The molecule has 0 fully saturated rings. The Morgan fingerprint density at radius 1 is 0.762 bits per heavy atom. The third-order valence-electron chi connectivity index (χ3n) is 7.99. The Morgan fingerprint density at radius 3 is 1.67 bits per heavy atom. The van der Waals surface area contributed by atoms with Gasteiger partial charge in [0.2, 0.25) is 0 Å². The van der Waals surface area contributed by atoms with Gasteiger partial charge in [0, 0.05) is 10.3 Å². The van der Waals surface area contributed by atoms with Crippen molar-refractivity contribution in [3.05, 3.63) is 71.5 Å². The third-order valence-corrected chi connectivity index (χ3v) is 16.2. The summed E-state index contributed by atoms with van der Waals surface area (Å²) in [6.07, 6.45) is 5.37. The summed E-state index contributed by atoms with van der Waals surface area (Å²) >= 11 is 17.0. The van der Waals surface area contributed by atoms with Gasteiger partial charge < -0.3 is 9.47 Å². The quantitative estimate of drug-likeness (QED) is 0.0913. The molecule has 0 bridgehead atoms. The van der Waals surface area contributed by atoms with Crippen LogP contribution in [0, 0.1) is 0 Å². The van der Waals surface area contributed by atoms with Crippen LogP contribution in [0.3, 0.4) is 0 Å². The Balaban J connectivity index is 1.72. The van der Waals surface area contributed by atoms with Crippen LogP contribution >= 0.6 is 75.5 Å². The lowest BCUT2D eigenvalue weighted by molar-refractivity contribution is 0.305. The summed E-state index contributed by atoms with van der Waals surface area (Å²) in [5.41, 5.74) is 2.14. The lowest BCUT2D eigenvalue weighted by Gasteiger charge is -2.28. The van der Waals surface area contributed by atoms with Gasteiger partial charge in [-0.15, -0.1) is 11.8 Å². The molecule has 0 aliphatic heterocycles. The highest BCUT2D eigenvalue weighted by atomic mass is 79.9. The average Bonchev–Trinajstić information content (AvgIpc) is 2.93. The molecule has 42 heavy (non-hydrogen) atoms. The molecular formula is C33H44Br4O2SSi2. The number of rotatable bonds is 14. The number of benzene rings is 3. The van der Waals surface area contributed by atoms with Crippen molar-refractivity contribution >= 4 is 103 Å². The minimum atomic E-state index is -1.58. The monoisotopic (exact) mass is 876 g/mol. The van der Waals surface area contributed by atoms with E-state index in [9.17, 15) is 0 Å². The zero-order valence-corrected chi connectivity index (χ0v) is 35.4. The summed E-state index contributed by atoms with van der Waals surface area (Å²) in [6, 6.07) is 17.3. The molecule has 3 aromatic carbocycles. The van der Waals surface area contributed by atoms with E-state index in [-0.39, 0.29) is 5.41 Å². The molecule has 2 nitrogen and oxygen atoms in total. The molecule has 3 aromatic rings. The first-order valence-corrected chi connectivity index (χ1v) is 25.1. The second kappa shape index (κ2) is 16.0. The van der Waals surface area contributed by atoms with Gasteiger partial charge in [-0.25, -0.2) is 0 Å². The molecule has 0 amide bonds. The van der Waals surface area contributed by atoms with Crippen molar-refractivity contribution < 1.29 is 9.47 Å². The van der Waals surface area contributed by atoms with Crippen LogP contribution in [0.15, 0.2) is 65.3 Å². The predicted octanol–water partition coefficient (Wildman–Crippen LogP) is 11.0. The number of ether oxygens (including phenoxy) is 2. The maximum absolute atomic E-state index is 6.38. The Kier molecular flexibility index (Phi) is 13.9. The Labute approximate surface area is 294 Å². The summed E-state index contributed by atoms with van der Waals surface area (Å²) in [5, 5.41) is 3.17. The number of hydrogen-bond acceptors (Lipinski definition) is 3. The van der Waals surface area contributed by atoms with E-state index in [1.54, 1.807) is 10.4 Å². The summed E-state index contributed by atoms with van der Waals surface area (Å²) in [4.78, 5) is 1.41. The van der Waals surface area contributed by atoms with E-state index in [2.05, 4.69) is 159 Å². The van der Waals surface area contributed by atoms with E-state index >= 15 is 0 Å². The zero-order valence-electron chi connectivity index (χ0n) is 26.1. The molecule has 0 aliphatic rings. The normalized spacial score (nSPS) is 12.2. The Hall–Kier alpha value is -0.0362. The fourth-order valence-corrected chi connectivity index (χ4v) is 12.1. The maximum atomic E-state index is 6.38. The van der Waals surface area contributed by atoms with E-state index in [4.69, 9.17) is 9.47 Å². The largest absolute Gasteiger partial charge is 0.491 e. The molecule has 0 heterocycles. The van der Waals surface area contributed by atoms with Gasteiger partial charge in [0.05, 0.1) is 48.0 Å². The minimum absolute atomic E-state index is 0.241. The van der Waals surface area contributed by atoms with Gasteiger partial charge in [0.1, 0.15) is 11.5 Å². The molecule has 0 atom stereocenters. The lowest BCUT2D eigenvalue weighted by atomic mass is 9.78. The molecular weight excluding hydrogens is 836 g/mol. The van der Waals surface area contributed by atoms with Crippen molar-refractivity contribution in [2.45, 2.75) is 82.6 Å². The van der Waals surface area contributed by atoms with Crippen molar-refractivity contribution in [1.29, 1.82) is 0 Å². The summed E-state index contributed by atoms with van der Waals surface area (Å²) < 4.78 is 16.3. The van der Waals surface area contributed by atoms with Gasteiger partial charge >= 0.3 is 0 Å². The topological polar surface area (TPSA) is 18.5 Å². The van der Waals surface area contributed by atoms with E-state index in [0.29, 0.717) is 13.2 Å². The molecule has 0 unspecified atom stereocenters. The molecule has 0 spiro atoms. The van der Waals surface area contributed by atoms with Gasteiger partial charge in [0.15, 0.2) is 0 Å². The molecule has 0 saturated heterocycles. The van der Waals surface area contributed by atoms with E-state index < -0.39 is 16.9 Å². The fourth-order valence-electron chi connectivity index (χ4n) is 4.90. The first-order chi connectivity index (χ1) is 19.7. The predicted molar refractivity (Wildman–Crippen MR) is 205 cm³/mol. The van der Waals surface area contributed by atoms with Crippen LogP contribution in [0.4, 0.5) is 0 Å². The lowest BCUT2D eigenvalue weighted by Crippen LogP contribution is -2.44. The fraction of sp³-hybridized carbons (Fsp3) is 0.455. The van der Waals surface area contributed by atoms with Crippen LogP contribution in [0.5, 0.6) is 11.5 Å². The zero-order chi connectivity index (χ0) is 31.2. The van der Waals surface area contributed by atoms with Crippen LogP contribution in [0.25, 0.3) is 0 Å². The summed E-state index contributed by atoms with van der Waals surface area (Å²) in [6.45, 7) is 17.9. The standard InChI is InChI=1S/C33H44Br4O2SSi2/c1-9-10-12-38-31-27(34)15-22(16-28(31)35)33(2,3)23-17-29(36)32(30(37)18-23)39-13-11-14-42(7,8)26-20-24(40-4)19-25(21-26)41(5)6/h15-21,41H,9-14H2,1-8H3. The van der Waals surface area contributed by atoms with Gasteiger partial charge in [-0.2, -0.15) is 0 Å². The van der Waals surface area contributed by atoms with Gasteiger partial charge in [-0.3, -0.25) is 0 Å². The maximum Gasteiger partial charge on any atom is 0.147 e. The Bertz CT molecular complexity index is 1330. The number of unbranched alkanes of at least 4 members (excludes halogenated alkanes) is 1. The number of hydrogen-bond donors (Lipinski definition) is 0. The average molecular weight is 881 g/mol. The van der Waals surface area contributed by atoms with Gasteiger partial charge in [0.25, 0.3) is 0 Å². The smallest absolute Gasteiger partial charge is 0.147 e. The van der Waals surface area contributed by atoms with Crippen LogP contribution in [0.1, 0.15) is 51.2 Å². The van der Waals surface area contributed by atoms with E-state index in [1.165, 1.54) is 22.1 Å². The molecule has 3 rings (SSSR count). The molecule has 9 heteroatoms. The second-order valence-electron chi connectivity index (χ2n) is 12.4. The number of halogens is 4. The minimum Gasteiger partial charge on any atom is -0.491 e. The van der Waals surface area contributed by atoms with Gasteiger partial charge in [-0.05, 0) is 130 Å². The van der Waals surface area contributed by atoms with E-state index in [1.807, 2.05) is 11.8 Å². The molecule has 0 radical (unpaired) electrons. The van der Waals surface area contributed by atoms with Crippen molar-refractivity contribution in [1.82, 2.24) is 0 Å². The summed E-state index contributed by atoms with van der Waals surface area (Å²) in [7, 11) is -2.42. The molecule has 230 valence electrons. The molecule has 0 N–H and O–H groups in total. The highest BCUT2D eigenvalue weighted by Crippen LogP contribution is 2.44. The highest BCUT2D eigenvalue weighted by molar-refractivity contribution is 9.11. The van der Waals surface area contributed by atoms with E-state index in [0.717, 1.165) is 48.7 Å². The van der Waals surface area contributed by atoms with Crippen LogP contribution in [0.2, 0.25) is 32.2 Å². The molecule has 0 aliphatic carbocycles.